The molecule has 3 aliphatic heterocycles. The summed E-state index contributed by atoms with van der Waals surface area (Å²) < 4.78 is 15.8. The van der Waals surface area contributed by atoms with Crippen molar-refractivity contribution in [2.45, 2.75) is 30.1 Å². The second-order valence-corrected chi connectivity index (χ2v) is 7.93. The first-order valence-corrected chi connectivity index (χ1v) is 9.88. The van der Waals surface area contributed by atoms with Gasteiger partial charge in [0.2, 0.25) is 11.8 Å². The molecule has 7 nitrogen and oxygen atoms in total. The molecular formula is C21H15NO6S. The SMILES string of the molecule is O=C(OC1=C(Sc2ccccc2)CC2CC(=O)N12)OC1OC(=O)c2ccccc21. The van der Waals surface area contributed by atoms with E-state index in [0.29, 0.717) is 24.0 Å². The van der Waals surface area contributed by atoms with Gasteiger partial charge >= 0.3 is 12.1 Å². The van der Waals surface area contributed by atoms with E-state index in [9.17, 15) is 14.4 Å². The molecule has 0 spiro atoms. The molecule has 8 heteroatoms. The number of carbonyl (C=O) groups is 3. The summed E-state index contributed by atoms with van der Waals surface area (Å²) in [7, 11) is 0. The second kappa shape index (κ2) is 6.97. The highest BCUT2D eigenvalue weighted by molar-refractivity contribution is 8.03. The number of hydrogen-bond acceptors (Lipinski definition) is 7. The number of esters is 1. The number of benzene rings is 2. The van der Waals surface area contributed by atoms with Gasteiger partial charge in [-0.15, -0.1) is 0 Å². The van der Waals surface area contributed by atoms with Gasteiger partial charge in [-0.25, -0.2) is 9.59 Å². The van der Waals surface area contributed by atoms with E-state index >= 15 is 0 Å². The summed E-state index contributed by atoms with van der Waals surface area (Å²) in [6.07, 6.45) is -1.15. The van der Waals surface area contributed by atoms with E-state index in [2.05, 4.69) is 0 Å². The van der Waals surface area contributed by atoms with Crippen LogP contribution in [0.5, 0.6) is 0 Å². The van der Waals surface area contributed by atoms with Gasteiger partial charge in [-0.3, -0.25) is 9.69 Å². The molecule has 3 heterocycles. The number of amides is 1. The lowest BCUT2D eigenvalue weighted by molar-refractivity contribution is -0.144. The Hall–Kier alpha value is -3.26. The summed E-state index contributed by atoms with van der Waals surface area (Å²) in [4.78, 5) is 39.6. The van der Waals surface area contributed by atoms with Crippen molar-refractivity contribution in [3.63, 3.8) is 0 Å². The minimum atomic E-state index is -1.17. The lowest BCUT2D eigenvalue weighted by Gasteiger charge is -2.35. The summed E-state index contributed by atoms with van der Waals surface area (Å²) in [5.41, 5.74) is 0.815. The largest absolute Gasteiger partial charge is 0.518 e. The van der Waals surface area contributed by atoms with Crippen LogP contribution in [0.4, 0.5) is 4.79 Å². The van der Waals surface area contributed by atoms with Crippen molar-refractivity contribution >= 4 is 29.8 Å². The molecule has 146 valence electrons. The van der Waals surface area contributed by atoms with E-state index in [4.69, 9.17) is 14.2 Å². The van der Waals surface area contributed by atoms with Gasteiger partial charge in [-0.2, -0.15) is 0 Å². The van der Waals surface area contributed by atoms with Gasteiger partial charge in [0.1, 0.15) is 0 Å². The van der Waals surface area contributed by atoms with Crippen LogP contribution < -0.4 is 0 Å². The number of carbonyl (C=O) groups excluding carboxylic acids is 3. The topological polar surface area (TPSA) is 82.1 Å². The van der Waals surface area contributed by atoms with Crippen LogP contribution in [0.15, 0.2) is 70.3 Å². The standard InChI is InChI=1S/C21H15NO6S/c23-17-11-12-10-16(29-13-6-2-1-3-7-13)18(22(12)17)26-21(25)28-20-15-9-5-4-8-14(15)19(24)27-20/h1-9,12,20H,10-11H2. The molecule has 2 unspecified atom stereocenters. The molecule has 5 rings (SSSR count). The maximum atomic E-state index is 12.4. The van der Waals surface area contributed by atoms with E-state index in [-0.39, 0.29) is 17.8 Å². The molecule has 0 bridgehead atoms. The third-order valence-corrected chi connectivity index (χ3v) is 6.03. The average Bonchev–Trinajstić information content (AvgIpc) is 3.16. The predicted octanol–water partition coefficient (Wildman–Crippen LogP) is 3.97. The summed E-state index contributed by atoms with van der Waals surface area (Å²) in [5, 5.41) is 0. The highest BCUT2D eigenvalue weighted by Gasteiger charge is 2.48. The predicted molar refractivity (Wildman–Crippen MR) is 101 cm³/mol. The fourth-order valence-corrected chi connectivity index (χ4v) is 4.65. The molecule has 29 heavy (non-hydrogen) atoms. The Bertz CT molecular complexity index is 1050. The average molecular weight is 409 g/mol. The fourth-order valence-electron chi connectivity index (χ4n) is 3.57. The molecule has 0 saturated carbocycles. The smallest absolute Gasteiger partial charge is 0.417 e. The molecule has 0 aromatic heterocycles. The number of fused-ring (bicyclic) bond motifs is 2. The quantitative estimate of drug-likeness (QED) is 0.558. The number of hydrogen-bond donors (Lipinski definition) is 0. The fraction of sp³-hybridized carbons (Fsp3) is 0.190. The molecule has 0 radical (unpaired) electrons. The highest BCUT2D eigenvalue weighted by atomic mass is 32.2. The van der Waals surface area contributed by atoms with Gasteiger partial charge < -0.3 is 14.2 Å². The second-order valence-electron chi connectivity index (χ2n) is 6.76. The molecule has 2 aromatic carbocycles. The van der Waals surface area contributed by atoms with Crippen molar-refractivity contribution in [3.8, 4) is 0 Å². The lowest BCUT2D eigenvalue weighted by Crippen LogP contribution is -2.49. The van der Waals surface area contributed by atoms with Crippen molar-refractivity contribution < 1.29 is 28.6 Å². The van der Waals surface area contributed by atoms with Crippen molar-refractivity contribution in [1.29, 1.82) is 0 Å². The van der Waals surface area contributed by atoms with E-state index in [1.807, 2.05) is 30.3 Å². The van der Waals surface area contributed by atoms with Crippen molar-refractivity contribution in [3.05, 3.63) is 76.5 Å². The minimum absolute atomic E-state index is 0.00143. The minimum Gasteiger partial charge on any atom is -0.417 e. The zero-order chi connectivity index (χ0) is 20.0. The number of cyclic esters (lactones) is 1. The molecule has 3 aliphatic rings. The molecule has 1 fully saturated rings. The number of nitrogens with zero attached hydrogens (tertiary/aromatic N) is 1. The van der Waals surface area contributed by atoms with Crippen LogP contribution in [0.1, 0.15) is 35.1 Å². The summed E-state index contributed by atoms with van der Waals surface area (Å²) in [5.74, 6) is -0.460. The summed E-state index contributed by atoms with van der Waals surface area (Å²) in [6, 6.07) is 16.3. The summed E-state index contributed by atoms with van der Waals surface area (Å²) in [6.45, 7) is 0. The van der Waals surface area contributed by atoms with Crippen LogP contribution in [-0.2, 0) is 19.0 Å². The maximum Gasteiger partial charge on any atom is 0.518 e. The van der Waals surface area contributed by atoms with E-state index in [1.165, 1.54) is 16.7 Å². The van der Waals surface area contributed by atoms with Crippen LogP contribution in [0.2, 0.25) is 0 Å². The Morgan fingerprint density at radius 3 is 2.59 bits per heavy atom. The van der Waals surface area contributed by atoms with E-state index in [1.54, 1.807) is 24.3 Å². The molecule has 1 amide bonds. The van der Waals surface area contributed by atoms with Gasteiger partial charge in [0.15, 0.2) is 0 Å². The Balaban J connectivity index is 1.34. The third kappa shape index (κ3) is 3.15. The van der Waals surface area contributed by atoms with Gasteiger partial charge in [-0.05, 0) is 18.2 Å². The Kier molecular flexibility index (Phi) is 4.28. The number of thioether (sulfide) groups is 1. The summed E-state index contributed by atoms with van der Waals surface area (Å²) >= 11 is 1.45. The first kappa shape index (κ1) is 17.8. The molecular weight excluding hydrogens is 394 g/mol. The van der Waals surface area contributed by atoms with Crippen LogP contribution in [0.25, 0.3) is 0 Å². The molecule has 1 saturated heterocycles. The molecule has 2 aromatic rings. The lowest BCUT2D eigenvalue weighted by atomic mass is 10.0. The number of rotatable bonds is 4. The van der Waals surface area contributed by atoms with Crippen LogP contribution in [0, 0.1) is 0 Å². The molecule has 2 atom stereocenters. The van der Waals surface area contributed by atoms with Crippen molar-refractivity contribution in [2.75, 3.05) is 0 Å². The maximum absolute atomic E-state index is 12.4. The monoisotopic (exact) mass is 409 g/mol. The van der Waals surface area contributed by atoms with Gasteiger partial charge in [-0.1, -0.05) is 48.2 Å². The highest BCUT2D eigenvalue weighted by Crippen LogP contribution is 2.45. The zero-order valence-electron chi connectivity index (χ0n) is 15.1. The third-order valence-electron chi connectivity index (χ3n) is 4.94. The number of ether oxygens (including phenoxy) is 3. The van der Waals surface area contributed by atoms with E-state index in [0.717, 1.165) is 9.80 Å². The van der Waals surface area contributed by atoms with Crippen LogP contribution in [0.3, 0.4) is 0 Å². The molecule has 0 aliphatic carbocycles. The van der Waals surface area contributed by atoms with Crippen LogP contribution in [-0.4, -0.2) is 29.0 Å². The Labute approximate surface area is 170 Å². The van der Waals surface area contributed by atoms with Crippen molar-refractivity contribution in [2.24, 2.45) is 0 Å². The Morgan fingerprint density at radius 1 is 1.03 bits per heavy atom. The van der Waals surface area contributed by atoms with Crippen molar-refractivity contribution in [1.82, 2.24) is 4.90 Å². The first-order valence-electron chi connectivity index (χ1n) is 9.06. The van der Waals surface area contributed by atoms with E-state index < -0.39 is 18.4 Å². The zero-order valence-corrected chi connectivity index (χ0v) is 15.9. The van der Waals surface area contributed by atoms with Gasteiger partial charge in [0, 0.05) is 23.3 Å². The molecule has 0 N–H and O–H groups in total. The van der Waals surface area contributed by atoms with Crippen LogP contribution >= 0.6 is 11.8 Å². The van der Waals surface area contributed by atoms with Gasteiger partial charge in [0.05, 0.1) is 16.5 Å². The normalized spacial score (nSPS) is 22.0. The first-order chi connectivity index (χ1) is 14.1. The van der Waals surface area contributed by atoms with Gasteiger partial charge in [0.25, 0.3) is 6.29 Å². The number of β-lactam (4-membered cyclic amide) rings is 1. The Morgan fingerprint density at radius 2 is 1.79 bits per heavy atom.